The van der Waals surface area contributed by atoms with Gasteiger partial charge in [0, 0.05) is 19.3 Å². The van der Waals surface area contributed by atoms with Gasteiger partial charge >= 0.3 is 0 Å². The Morgan fingerprint density at radius 1 is 1.43 bits per heavy atom. The van der Waals surface area contributed by atoms with Crippen LogP contribution in [-0.2, 0) is 9.84 Å². The van der Waals surface area contributed by atoms with Gasteiger partial charge < -0.3 is 4.90 Å². The highest BCUT2D eigenvalue weighted by Crippen LogP contribution is 2.20. The minimum Gasteiger partial charge on any atom is -0.336 e. The molecule has 21 heavy (non-hydrogen) atoms. The van der Waals surface area contributed by atoms with Gasteiger partial charge in [-0.25, -0.2) is 8.42 Å². The van der Waals surface area contributed by atoms with E-state index in [1.807, 2.05) is 13.8 Å². The van der Waals surface area contributed by atoms with Gasteiger partial charge in [-0.1, -0.05) is 19.9 Å². The van der Waals surface area contributed by atoms with Crippen LogP contribution in [-0.4, -0.2) is 48.3 Å². The smallest absolute Gasteiger partial charge is 0.272 e. The predicted octanol–water partition coefficient (Wildman–Crippen LogP) is 1.76. The Hall–Kier alpha value is -1.43. The van der Waals surface area contributed by atoms with Crippen molar-refractivity contribution in [2.75, 3.05) is 18.8 Å². The maximum atomic E-state index is 12.4. The van der Waals surface area contributed by atoms with Crippen LogP contribution in [0.3, 0.4) is 0 Å². The molecule has 0 saturated carbocycles. The zero-order valence-electron chi connectivity index (χ0n) is 12.5. The molecule has 1 saturated heterocycles. The van der Waals surface area contributed by atoms with E-state index < -0.39 is 15.1 Å². The second kappa shape index (κ2) is 6.56. The first kappa shape index (κ1) is 15.9. The van der Waals surface area contributed by atoms with E-state index >= 15 is 0 Å². The fourth-order valence-corrected chi connectivity index (χ4v) is 4.80. The second-order valence-electron chi connectivity index (χ2n) is 5.95. The SMILES string of the molecule is CC(C)CS(=O)(=O)[C@@H]1CCCN(C(=O)c2ccccn2)C1. The van der Waals surface area contributed by atoms with Gasteiger partial charge in [0.25, 0.3) is 5.91 Å². The molecule has 1 aliphatic rings. The standard InChI is InChI=1S/C15H22N2O3S/c1-12(2)11-21(19,20)13-6-5-9-17(10-13)15(18)14-7-3-4-8-16-14/h3-4,7-8,12-13H,5-6,9-11H2,1-2H3/t13-/m1/s1. The lowest BCUT2D eigenvalue weighted by molar-refractivity contribution is 0.0721. The third-order valence-electron chi connectivity index (χ3n) is 3.62. The molecule has 0 radical (unpaired) electrons. The van der Waals surface area contributed by atoms with Gasteiger partial charge in [-0.05, 0) is 30.9 Å². The number of nitrogens with zero attached hydrogens (tertiary/aromatic N) is 2. The lowest BCUT2D eigenvalue weighted by Crippen LogP contribution is -2.46. The van der Waals surface area contributed by atoms with Crippen LogP contribution in [0, 0.1) is 5.92 Å². The molecule has 0 bridgehead atoms. The van der Waals surface area contributed by atoms with E-state index in [1.54, 1.807) is 29.3 Å². The van der Waals surface area contributed by atoms with Gasteiger partial charge in [0.2, 0.25) is 0 Å². The normalized spacial score (nSPS) is 19.8. The molecule has 2 heterocycles. The van der Waals surface area contributed by atoms with Gasteiger partial charge in [0.05, 0.1) is 11.0 Å². The molecule has 0 N–H and O–H groups in total. The number of hydrogen-bond donors (Lipinski definition) is 0. The first-order valence-electron chi connectivity index (χ1n) is 7.32. The summed E-state index contributed by atoms with van der Waals surface area (Å²) in [6.45, 7) is 4.68. The topological polar surface area (TPSA) is 67.3 Å². The fourth-order valence-electron chi connectivity index (χ4n) is 2.67. The quantitative estimate of drug-likeness (QED) is 0.850. The highest BCUT2D eigenvalue weighted by Gasteiger charge is 2.33. The van der Waals surface area contributed by atoms with Crippen LogP contribution in [0.2, 0.25) is 0 Å². The number of carbonyl (C=O) groups is 1. The molecule has 0 aliphatic carbocycles. The van der Waals surface area contributed by atoms with E-state index in [2.05, 4.69) is 4.98 Å². The molecule has 0 aromatic carbocycles. The minimum absolute atomic E-state index is 0.108. The van der Waals surface area contributed by atoms with Crippen molar-refractivity contribution >= 4 is 15.7 Å². The summed E-state index contributed by atoms with van der Waals surface area (Å²) in [7, 11) is -3.15. The van der Waals surface area contributed by atoms with Crippen LogP contribution < -0.4 is 0 Å². The van der Waals surface area contributed by atoms with Crippen molar-refractivity contribution < 1.29 is 13.2 Å². The lowest BCUT2D eigenvalue weighted by Gasteiger charge is -2.32. The highest BCUT2D eigenvalue weighted by atomic mass is 32.2. The van der Waals surface area contributed by atoms with Crippen LogP contribution >= 0.6 is 0 Å². The number of amides is 1. The summed E-state index contributed by atoms with van der Waals surface area (Å²) in [5, 5.41) is -0.443. The second-order valence-corrected chi connectivity index (χ2v) is 8.28. The van der Waals surface area contributed by atoms with Crippen molar-refractivity contribution in [2.45, 2.75) is 31.9 Å². The Bertz CT molecular complexity index is 584. The number of hydrogen-bond acceptors (Lipinski definition) is 4. The maximum absolute atomic E-state index is 12.4. The molecule has 2 rings (SSSR count). The molecule has 1 aromatic heterocycles. The molecule has 5 nitrogen and oxygen atoms in total. The summed E-state index contributed by atoms with van der Waals surface area (Å²) >= 11 is 0. The monoisotopic (exact) mass is 310 g/mol. The van der Waals surface area contributed by atoms with E-state index in [1.165, 1.54) is 0 Å². The molecule has 1 atom stereocenters. The van der Waals surface area contributed by atoms with Gasteiger partial charge in [0.15, 0.2) is 9.84 Å². The number of aromatic nitrogens is 1. The van der Waals surface area contributed by atoms with Gasteiger partial charge in [-0.2, -0.15) is 0 Å². The van der Waals surface area contributed by atoms with Gasteiger partial charge in [0.1, 0.15) is 5.69 Å². The van der Waals surface area contributed by atoms with Crippen LogP contribution in [0.1, 0.15) is 37.2 Å². The molecule has 6 heteroatoms. The van der Waals surface area contributed by atoms with E-state index in [0.29, 0.717) is 18.7 Å². The third-order valence-corrected chi connectivity index (χ3v) is 6.15. The van der Waals surface area contributed by atoms with Crippen molar-refractivity contribution in [2.24, 2.45) is 5.92 Å². The van der Waals surface area contributed by atoms with Crippen LogP contribution in [0.5, 0.6) is 0 Å². The van der Waals surface area contributed by atoms with E-state index in [-0.39, 0.29) is 24.1 Å². The van der Waals surface area contributed by atoms with Crippen molar-refractivity contribution in [1.29, 1.82) is 0 Å². The Labute approximate surface area is 126 Å². The van der Waals surface area contributed by atoms with Crippen molar-refractivity contribution in [3.63, 3.8) is 0 Å². The molecule has 0 unspecified atom stereocenters. The molecule has 1 aromatic rings. The largest absolute Gasteiger partial charge is 0.336 e. The molecule has 1 amide bonds. The summed E-state index contributed by atoms with van der Waals surface area (Å²) in [5.74, 6) is 0.112. The molecule has 0 spiro atoms. The number of likely N-dealkylation sites (tertiary alicyclic amines) is 1. The van der Waals surface area contributed by atoms with E-state index in [4.69, 9.17) is 0 Å². The number of sulfone groups is 1. The molecular weight excluding hydrogens is 288 g/mol. The summed E-state index contributed by atoms with van der Waals surface area (Å²) in [6, 6.07) is 5.18. The summed E-state index contributed by atoms with van der Waals surface area (Å²) in [5.41, 5.74) is 0.374. The van der Waals surface area contributed by atoms with Crippen molar-refractivity contribution in [1.82, 2.24) is 9.88 Å². The molecule has 116 valence electrons. The van der Waals surface area contributed by atoms with Crippen LogP contribution in [0.15, 0.2) is 24.4 Å². The predicted molar refractivity (Wildman–Crippen MR) is 81.8 cm³/mol. The Balaban J connectivity index is 2.09. The molecule has 1 fully saturated rings. The Morgan fingerprint density at radius 3 is 2.81 bits per heavy atom. The Kier molecular flexibility index (Phi) is 4.98. The average Bonchev–Trinajstić information content (AvgIpc) is 2.46. The summed E-state index contributed by atoms with van der Waals surface area (Å²) in [4.78, 5) is 18.0. The summed E-state index contributed by atoms with van der Waals surface area (Å²) in [6.07, 6.45) is 2.94. The highest BCUT2D eigenvalue weighted by molar-refractivity contribution is 7.92. The van der Waals surface area contributed by atoms with Crippen LogP contribution in [0.4, 0.5) is 0 Å². The maximum Gasteiger partial charge on any atom is 0.272 e. The first-order chi connectivity index (χ1) is 9.90. The van der Waals surface area contributed by atoms with Crippen molar-refractivity contribution in [3.8, 4) is 0 Å². The number of rotatable bonds is 4. The Morgan fingerprint density at radius 2 is 2.19 bits per heavy atom. The molecule has 1 aliphatic heterocycles. The zero-order valence-corrected chi connectivity index (χ0v) is 13.3. The van der Waals surface area contributed by atoms with Crippen molar-refractivity contribution in [3.05, 3.63) is 30.1 Å². The zero-order chi connectivity index (χ0) is 15.5. The summed E-state index contributed by atoms with van der Waals surface area (Å²) < 4.78 is 24.7. The minimum atomic E-state index is -3.15. The van der Waals surface area contributed by atoms with Crippen LogP contribution in [0.25, 0.3) is 0 Å². The lowest BCUT2D eigenvalue weighted by atomic mass is 10.1. The number of pyridine rings is 1. The number of piperidine rings is 1. The molecular formula is C15H22N2O3S. The van der Waals surface area contributed by atoms with E-state index in [0.717, 1.165) is 6.42 Å². The van der Waals surface area contributed by atoms with Gasteiger partial charge in [-0.15, -0.1) is 0 Å². The number of carbonyl (C=O) groups excluding carboxylic acids is 1. The third kappa shape index (κ3) is 4.03. The fraction of sp³-hybridized carbons (Fsp3) is 0.600. The average molecular weight is 310 g/mol. The van der Waals surface area contributed by atoms with E-state index in [9.17, 15) is 13.2 Å². The first-order valence-corrected chi connectivity index (χ1v) is 9.03. The van der Waals surface area contributed by atoms with Gasteiger partial charge in [-0.3, -0.25) is 9.78 Å².